The molecule has 28 heavy (non-hydrogen) atoms. The number of rotatable bonds is 9. The third kappa shape index (κ3) is 7.60. The SMILES string of the molecule is CCOC(=O)c1noc(C(CCCC2CCCCC2)CC(=O)OC(C)(C)C)n1. The lowest BCUT2D eigenvalue weighted by molar-refractivity contribution is -0.155. The largest absolute Gasteiger partial charge is 0.460 e. The average molecular weight is 395 g/mol. The van der Waals surface area contributed by atoms with Gasteiger partial charge in [0, 0.05) is 5.92 Å². The lowest BCUT2D eigenvalue weighted by atomic mass is 9.84. The van der Waals surface area contributed by atoms with E-state index in [9.17, 15) is 9.59 Å². The van der Waals surface area contributed by atoms with Crippen LogP contribution in [0.1, 0.15) is 108 Å². The van der Waals surface area contributed by atoms with Gasteiger partial charge in [-0.3, -0.25) is 4.79 Å². The molecule has 0 amide bonds. The van der Waals surface area contributed by atoms with Gasteiger partial charge in [-0.25, -0.2) is 4.79 Å². The van der Waals surface area contributed by atoms with E-state index < -0.39 is 11.6 Å². The zero-order valence-corrected chi connectivity index (χ0v) is 17.7. The van der Waals surface area contributed by atoms with E-state index in [0.29, 0.717) is 5.89 Å². The topological polar surface area (TPSA) is 91.5 Å². The van der Waals surface area contributed by atoms with Gasteiger partial charge >= 0.3 is 11.9 Å². The van der Waals surface area contributed by atoms with E-state index in [1.165, 1.54) is 32.1 Å². The highest BCUT2D eigenvalue weighted by atomic mass is 16.6. The Bertz CT molecular complexity index is 629. The molecule has 1 aliphatic rings. The minimum atomic E-state index is -0.615. The van der Waals surface area contributed by atoms with Crippen molar-refractivity contribution in [3.05, 3.63) is 11.7 Å². The standard InChI is InChI=1S/C21H34N2O5/c1-5-26-20(25)18-22-19(28-23-18)16(14-17(24)27-21(2,3)4)13-9-12-15-10-7-6-8-11-15/h15-16H,5-14H2,1-4H3. The van der Waals surface area contributed by atoms with Crippen molar-refractivity contribution in [3.8, 4) is 0 Å². The summed E-state index contributed by atoms with van der Waals surface area (Å²) < 4.78 is 15.7. The fourth-order valence-electron chi connectivity index (χ4n) is 3.71. The maximum absolute atomic E-state index is 12.3. The highest BCUT2D eigenvalue weighted by Crippen LogP contribution is 2.31. The summed E-state index contributed by atoms with van der Waals surface area (Å²) in [6.07, 6.45) is 9.60. The van der Waals surface area contributed by atoms with Crippen LogP contribution in [0, 0.1) is 5.92 Å². The van der Waals surface area contributed by atoms with E-state index >= 15 is 0 Å². The molecule has 1 aliphatic carbocycles. The van der Waals surface area contributed by atoms with Gasteiger partial charge in [-0.15, -0.1) is 0 Å². The predicted octanol–water partition coefficient (Wildman–Crippen LogP) is 4.81. The molecule has 158 valence electrons. The molecule has 0 aliphatic heterocycles. The first kappa shape index (κ1) is 22.4. The molecule has 1 saturated carbocycles. The highest BCUT2D eigenvalue weighted by Gasteiger charge is 2.27. The van der Waals surface area contributed by atoms with Crippen LogP contribution in [0.15, 0.2) is 4.52 Å². The Hall–Kier alpha value is -1.92. The van der Waals surface area contributed by atoms with Crippen LogP contribution < -0.4 is 0 Å². The molecule has 7 nitrogen and oxygen atoms in total. The van der Waals surface area contributed by atoms with Crippen LogP contribution in [0.3, 0.4) is 0 Å². The molecule has 0 aromatic carbocycles. The molecule has 1 unspecified atom stereocenters. The first-order valence-corrected chi connectivity index (χ1v) is 10.5. The number of aromatic nitrogens is 2. The molecule has 1 aromatic rings. The van der Waals surface area contributed by atoms with Crippen molar-refractivity contribution in [3.63, 3.8) is 0 Å². The Labute approximate surface area is 167 Å². The Balaban J connectivity index is 2.00. The molecule has 1 aromatic heterocycles. The normalized spacial score (nSPS) is 16.6. The van der Waals surface area contributed by atoms with Gasteiger partial charge in [0.2, 0.25) is 5.89 Å². The molecule has 0 saturated heterocycles. The van der Waals surface area contributed by atoms with Crippen LogP contribution in [0.25, 0.3) is 0 Å². The second kappa shape index (κ2) is 10.6. The fraction of sp³-hybridized carbons (Fsp3) is 0.810. The maximum Gasteiger partial charge on any atom is 0.379 e. The summed E-state index contributed by atoms with van der Waals surface area (Å²) in [7, 11) is 0. The first-order chi connectivity index (χ1) is 13.3. The van der Waals surface area contributed by atoms with Gasteiger partial charge < -0.3 is 14.0 Å². The molecule has 7 heteroatoms. The summed E-state index contributed by atoms with van der Waals surface area (Å²) in [4.78, 5) is 28.3. The van der Waals surface area contributed by atoms with Crippen molar-refractivity contribution in [1.29, 1.82) is 0 Å². The summed E-state index contributed by atoms with van der Waals surface area (Å²) in [6, 6.07) is 0. The third-order valence-electron chi connectivity index (χ3n) is 4.97. The zero-order chi connectivity index (χ0) is 20.6. The van der Waals surface area contributed by atoms with Crippen LogP contribution in [0.4, 0.5) is 0 Å². The maximum atomic E-state index is 12.3. The molecule has 1 heterocycles. The number of nitrogens with zero attached hydrogens (tertiary/aromatic N) is 2. The second-order valence-corrected chi connectivity index (χ2v) is 8.60. The number of hydrogen-bond acceptors (Lipinski definition) is 7. The first-order valence-electron chi connectivity index (χ1n) is 10.5. The quantitative estimate of drug-likeness (QED) is 0.555. The molecule has 2 rings (SSSR count). The van der Waals surface area contributed by atoms with E-state index in [0.717, 1.165) is 25.2 Å². The van der Waals surface area contributed by atoms with E-state index in [-0.39, 0.29) is 30.7 Å². The van der Waals surface area contributed by atoms with Crippen LogP contribution in [0.2, 0.25) is 0 Å². The number of esters is 2. The van der Waals surface area contributed by atoms with E-state index in [1.54, 1.807) is 6.92 Å². The van der Waals surface area contributed by atoms with Crippen molar-refractivity contribution in [1.82, 2.24) is 10.1 Å². The minimum absolute atomic E-state index is 0.0988. The van der Waals surface area contributed by atoms with E-state index in [1.807, 2.05) is 20.8 Å². The minimum Gasteiger partial charge on any atom is -0.460 e. The lowest BCUT2D eigenvalue weighted by Gasteiger charge is -2.23. The average Bonchev–Trinajstić information content (AvgIpc) is 3.10. The van der Waals surface area contributed by atoms with Gasteiger partial charge in [0.05, 0.1) is 13.0 Å². The third-order valence-corrected chi connectivity index (χ3v) is 4.97. The summed E-state index contributed by atoms with van der Waals surface area (Å²) >= 11 is 0. The lowest BCUT2D eigenvalue weighted by Crippen LogP contribution is -2.25. The van der Waals surface area contributed by atoms with Crippen molar-refractivity contribution in [2.75, 3.05) is 6.61 Å². The van der Waals surface area contributed by atoms with E-state index in [2.05, 4.69) is 10.1 Å². The summed E-state index contributed by atoms with van der Waals surface area (Å²) in [6.45, 7) is 7.48. The van der Waals surface area contributed by atoms with Crippen molar-refractivity contribution < 1.29 is 23.6 Å². The van der Waals surface area contributed by atoms with Gasteiger partial charge in [0.1, 0.15) is 5.60 Å². The molecular weight excluding hydrogens is 360 g/mol. The van der Waals surface area contributed by atoms with Gasteiger partial charge in [0.25, 0.3) is 5.82 Å². The molecule has 0 N–H and O–H groups in total. The molecule has 0 spiro atoms. The zero-order valence-electron chi connectivity index (χ0n) is 17.7. The molecule has 0 radical (unpaired) electrons. The monoisotopic (exact) mass is 394 g/mol. The molecular formula is C21H34N2O5. The number of carbonyl (C=O) groups excluding carboxylic acids is 2. The van der Waals surface area contributed by atoms with Gasteiger partial charge in [0.15, 0.2) is 0 Å². The van der Waals surface area contributed by atoms with Crippen LogP contribution in [0.5, 0.6) is 0 Å². The highest BCUT2D eigenvalue weighted by molar-refractivity contribution is 5.84. The summed E-state index contributed by atoms with van der Waals surface area (Å²) in [5, 5.41) is 3.72. The Morgan fingerprint density at radius 2 is 1.93 bits per heavy atom. The van der Waals surface area contributed by atoms with Gasteiger partial charge in [-0.05, 0) is 45.2 Å². The van der Waals surface area contributed by atoms with Gasteiger partial charge in [-0.1, -0.05) is 44.9 Å². The van der Waals surface area contributed by atoms with Crippen molar-refractivity contribution >= 4 is 11.9 Å². The van der Waals surface area contributed by atoms with Gasteiger partial charge in [-0.2, -0.15) is 4.98 Å². The van der Waals surface area contributed by atoms with Crippen molar-refractivity contribution in [2.24, 2.45) is 5.92 Å². The van der Waals surface area contributed by atoms with Crippen LogP contribution >= 0.6 is 0 Å². The number of ether oxygens (including phenoxy) is 2. The molecule has 1 atom stereocenters. The smallest absolute Gasteiger partial charge is 0.379 e. The Morgan fingerprint density at radius 3 is 2.57 bits per heavy atom. The molecule has 0 bridgehead atoms. The summed E-state index contributed by atoms with van der Waals surface area (Å²) in [5.74, 6) is -0.194. The van der Waals surface area contributed by atoms with Crippen LogP contribution in [-0.4, -0.2) is 34.3 Å². The predicted molar refractivity (Wildman–Crippen MR) is 104 cm³/mol. The number of hydrogen-bond donors (Lipinski definition) is 0. The fourth-order valence-corrected chi connectivity index (χ4v) is 3.71. The molecule has 1 fully saturated rings. The summed E-state index contributed by atoms with van der Waals surface area (Å²) in [5.41, 5.74) is -0.547. The number of carbonyl (C=O) groups is 2. The van der Waals surface area contributed by atoms with Crippen molar-refractivity contribution in [2.45, 2.75) is 97.0 Å². The Kier molecular flexibility index (Phi) is 8.45. The second-order valence-electron chi connectivity index (χ2n) is 8.60. The van der Waals surface area contributed by atoms with E-state index in [4.69, 9.17) is 14.0 Å². The Morgan fingerprint density at radius 1 is 1.21 bits per heavy atom. The van der Waals surface area contributed by atoms with Crippen LogP contribution in [-0.2, 0) is 14.3 Å².